The van der Waals surface area contributed by atoms with Crippen molar-refractivity contribution in [2.24, 2.45) is 0 Å². The van der Waals surface area contributed by atoms with E-state index in [1.807, 2.05) is 24.3 Å². The minimum atomic E-state index is -1.09. The van der Waals surface area contributed by atoms with E-state index in [0.29, 0.717) is 5.56 Å². The van der Waals surface area contributed by atoms with Crippen LogP contribution in [0, 0.1) is 9.39 Å². The molecule has 2 aromatic carbocycles. The zero-order valence-corrected chi connectivity index (χ0v) is 14.3. The zero-order chi connectivity index (χ0) is 16.8. The Labute approximate surface area is 146 Å². The lowest BCUT2D eigenvalue weighted by Crippen LogP contribution is -2.43. The number of hydrogen-bond donors (Lipinski definition) is 2. The summed E-state index contributed by atoms with van der Waals surface area (Å²) in [6.07, 6.45) is 0.220. The van der Waals surface area contributed by atoms with E-state index in [1.54, 1.807) is 0 Å². The molecule has 0 saturated heterocycles. The molecule has 0 aromatic heterocycles. The predicted molar refractivity (Wildman–Crippen MR) is 92.5 cm³/mol. The normalized spacial score (nSPS) is 11.7. The van der Waals surface area contributed by atoms with Gasteiger partial charge < -0.3 is 10.4 Å². The minimum absolute atomic E-state index is 0.0103. The van der Waals surface area contributed by atoms with Crippen LogP contribution >= 0.6 is 22.6 Å². The summed E-state index contributed by atoms with van der Waals surface area (Å²) in [7, 11) is 0. The minimum Gasteiger partial charge on any atom is -0.480 e. The van der Waals surface area contributed by atoms with Crippen molar-refractivity contribution in [1.82, 2.24) is 5.32 Å². The summed E-state index contributed by atoms with van der Waals surface area (Å²) in [5.74, 6) is -1.87. The summed E-state index contributed by atoms with van der Waals surface area (Å²) in [5.41, 5.74) is 1.47. The second-order valence-corrected chi connectivity index (χ2v) is 6.34. The molecule has 2 rings (SSSR count). The van der Waals surface area contributed by atoms with Crippen molar-refractivity contribution in [3.05, 3.63) is 69.0 Å². The average Bonchev–Trinajstić information content (AvgIpc) is 2.49. The molecule has 4 nitrogen and oxygen atoms in total. The lowest BCUT2D eigenvalue weighted by molar-refractivity contribution is -0.141. The van der Waals surface area contributed by atoms with Crippen LogP contribution in [-0.2, 0) is 22.4 Å². The monoisotopic (exact) mass is 427 g/mol. The highest BCUT2D eigenvalue weighted by Crippen LogP contribution is 2.10. The summed E-state index contributed by atoms with van der Waals surface area (Å²) in [5, 5.41) is 11.8. The third kappa shape index (κ3) is 5.63. The van der Waals surface area contributed by atoms with Gasteiger partial charge in [0.25, 0.3) is 0 Å². The van der Waals surface area contributed by atoms with Crippen molar-refractivity contribution in [2.45, 2.75) is 18.9 Å². The Morgan fingerprint density at radius 3 is 2.43 bits per heavy atom. The fraction of sp³-hybridized carbons (Fsp3) is 0.176. The third-order valence-electron chi connectivity index (χ3n) is 3.24. The molecule has 0 unspecified atom stereocenters. The fourth-order valence-electron chi connectivity index (χ4n) is 2.13. The standard InChI is InChI=1S/C17H15FINO3/c18-13-6-4-11(5-7-13)10-16(21)20-15(17(22)23)9-12-2-1-3-14(19)8-12/h1-8,15H,9-10H2,(H,20,21)(H,22,23)/t15-/m0/s1. The van der Waals surface area contributed by atoms with Gasteiger partial charge in [0.15, 0.2) is 0 Å². The Kier molecular flexibility index (Phi) is 6.09. The van der Waals surface area contributed by atoms with E-state index in [2.05, 4.69) is 27.9 Å². The summed E-state index contributed by atoms with van der Waals surface area (Å²) in [6.45, 7) is 0. The molecule has 0 bridgehead atoms. The van der Waals surface area contributed by atoms with Gasteiger partial charge >= 0.3 is 5.97 Å². The highest BCUT2D eigenvalue weighted by atomic mass is 127. The quantitative estimate of drug-likeness (QED) is 0.697. The molecule has 0 aliphatic rings. The molecule has 1 atom stereocenters. The van der Waals surface area contributed by atoms with Crippen LogP contribution in [0.4, 0.5) is 4.39 Å². The second kappa shape index (κ2) is 8.05. The van der Waals surface area contributed by atoms with Gasteiger partial charge in [-0.15, -0.1) is 0 Å². The number of carbonyl (C=O) groups is 2. The van der Waals surface area contributed by atoms with Gasteiger partial charge in [-0.05, 0) is 58.0 Å². The fourth-order valence-corrected chi connectivity index (χ4v) is 2.74. The summed E-state index contributed by atoms with van der Waals surface area (Å²) >= 11 is 2.15. The maximum atomic E-state index is 12.8. The second-order valence-electron chi connectivity index (χ2n) is 5.10. The largest absolute Gasteiger partial charge is 0.480 e. The Balaban J connectivity index is 1.99. The first kappa shape index (κ1) is 17.4. The molecule has 1 amide bonds. The first-order valence-corrected chi connectivity index (χ1v) is 8.03. The SMILES string of the molecule is O=C(Cc1ccc(F)cc1)N[C@@H](Cc1cccc(I)c1)C(=O)O. The number of carboxylic acids is 1. The van der Waals surface area contributed by atoms with Gasteiger partial charge in [-0.25, -0.2) is 9.18 Å². The highest BCUT2D eigenvalue weighted by molar-refractivity contribution is 14.1. The molecule has 0 heterocycles. The predicted octanol–water partition coefficient (Wildman–Crippen LogP) is 2.78. The maximum absolute atomic E-state index is 12.8. The smallest absolute Gasteiger partial charge is 0.326 e. The van der Waals surface area contributed by atoms with Crippen LogP contribution in [0.1, 0.15) is 11.1 Å². The lowest BCUT2D eigenvalue weighted by atomic mass is 10.1. The van der Waals surface area contributed by atoms with E-state index in [1.165, 1.54) is 24.3 Å². The zero-order valence-electron chi connectivity index (χ0n) is 12.1. The summed E-state index contributed by atoms with van der Waals surface area (Å²) < 4.78 is 13.8. The molecule has 23 heavy (non-hydrogen) atoms. The van der Waals surface area contributed by atoms with E-state index < -0.39 is 17.9 Å². The molecule has 2 N–H and O–H groups in total. The van der Waals surface area contributed by atoms with E-state index in [0.717, 1.165) is 9.13 Å². The Morgan fingerprint density at radius 1 is 1.13 bits per heavy atom. The number of amides is 1. The molecule has 0 radical (unpaired) electrons. The van der Waals surface area contributed by atoms with Crippen LogP contribution in [-0.4, -0.2) is 23.0 Å². The molecule has 0 fully saturated rings. The van der Waals surface area contributed by atoms with Crippen molar-refractivity contribution in [3.63, 3.8) is 0 Å². The highest BCUT2D eigenvalue weighted by Gasteiger charge is 2.20. The Bertz CT molecular complexity index is 703. The van der Waals surface area contributed by atoms with Crippen LogP contribution in [0.5, 0.6) is 0 Å². The lowest BCUT2D eigenvalue weighted by Gasteiger charge is -2.15. The number of hydrogen-bond acceptors (Lipinski definition) is 2. The molecular weight excluding hydrogens is 412 g/mol. The molecule has 0 saturated carbocycles. The third-order valence-corrected chi connectivity index (χ3v) is 3.91. The molecular formula is C17H15FINO3. The Hall–Kier alpha value is -1.96. The molecule has 0 spiro atoms. The maximum Gasteiger partial charge on any atom is 0.326 e. The van der Waals surface area contributed by atoms with Crippen molar-refractivity contribution in [3.8, 4) is 0 Å². The van der Waals surface area contributed by atoms with Gasteiger partial charge in [0, 0.05) is 9.99 Å². The van der Waals surface area contributed by atoms with Gasteiger partial charge in [-0.2, -0.15) is 0 Å². The molecule has 120 valence electrons. The van der Waals surface area contributed by atoms with Crippen molar-refractivity contribution in [2.75, 3.05) is 0 Å². The first-order chi connectivity index (χ1) is 10.9. The number of carbonyl (C=O) groups excluding carboxylic acids is 1. The number of nitrogens with one attached hydrogen (secondary N) is 1. The number of aliphatic carboxylic acids is 1. The van der Waals surface area contributed by atoms with Crippen LogP contribution < -0.4 is 5.32 Å². The summed E-state index contributed by atoms with van der Waals surface area (Å²) in [6, 6.07) is 12.0. The summed E-state index contributed by atoms with van der Waals surface area (Å²) in [4.78, 5) is 23.4. The van der Waals surface area contributed by atoms with E-state index in [9.17, 15) is 19.1 Å². The van der Waals surface area contributed by atoms with Gasteiger partial charge in [-0.3, -0.25) is 4.79 Å². The van der Waals surface area contributed by atoms with Crippen molar-refractivity contribution in [1.29, 1.82) is 0 Å². The van der Waals surface area contributed by atoms with Crippen molar-refractivity contribution >= 4 is 34.5 Å². The number of rotatable bonds is 6. The van der Waals surface area contributed by atoms with Crippen LogP contribution in [0.15, 0.2) is 48.5 Å². The van der Waals surface area contributed by atoms with Crippen LogP contribution in [0.25, 0.3) is 0 Å². The average molecular weight is 427 g/mol. The first-order valence-electron chi connectivity index (χ1n) is 6.95. The number of carboxylic acid groups (broad SMARTS) is 1. The molecule has 2 aromatic rings. The van der Waals surface area contributed by atoms with E-state index in [-0.39, 0.29) is 18.7 Å². The van der Waals surface area contributed by atoms with Gasteiger partial charge in [0.1, 0.15) is 11.9 Å². The van der Waals surface area contributed by atoms with Gasteiger partial charge in [0.2, 0.25) is 5.91 Å². The topological polar surface area (TPSA) is 66.4 Å². The number of benzene rings is 2. The molecule has 6 heteroatoms. The number of halogens is 2. The Morgan fingerprint density at radius 2 is 1.83 bits per heavy atom. The van der Waals surface area contributed by atoms with Crippen LogP contribution in [0.3, 0.4) is 0 Å². The van der Waals surface area contributed by atoms with Gasteiger partial charge in [-0.1, -0.05) is 24.3 Å². The molecule has 0 aliphatic heterocycles. The molecule has 0 aliphatic carbocycles. The van der Waals surface area contributed by atoms with E-state index >= 15 is 0 Å². The van der Waals surface area contributed by atoms with Crippen molar-refractivity contribution < 1.29 is 19.1 Å². The van der Waals surface area contributed by atoms with Gasteiger partial charge in [0.05, 0.1) is 6.42 Å². The van der Waals surface area contributed by atoms with Crippen LogP contribution in [0.2, 0.25) is 0 Å². The van der Waals surface area contributed by atoms with E-state index in [4.69, 9.17) is 0 Å².